The van der Waals surface area contributed by atoms with E-state index in [0.717, 1.165) is 4.90 Å². The molecule has 4 rings (SSSR count). The first-order chi connectivity index (χ1) is 15.8. The lowest BCUT2D eigenvalue weighted by molar-refractivity contribution is -0.122. The second-order valence-corrected chi connectivity index (χ2v) is 7.25. The van der Waals surface area contributed by atoms with Crippen LogP contribution in [0.25, 0.3) is 17.4 Å². The van der Waals surface area contributed by atoms with Gasteiger partial charge in [0.2, 0.25) is 0 Å². The normalized spacial score (nSPS) is 15.0. The van der Waals surface area contributed by atoms with Gasteiger partial charge in [0.25, 0.3) is 11.8 Å². The molecule has 1 aromatic heterocycles. The van der Waals surface area contributed by atoms with Crippen LogP contribution in [0.4, 0.5) is 5.69 Å². The van der Waals surface area contributed by atoms with Crippen molar-refractivity contribution in [3.63, 3.8) is 0 Å². The number of carbonyl (C=O) groups is 4. The van der Waals surface area contributed by atoms with E-state index < -0.39 is 23.8 Å². The monoisotopic (exact) mass is 462 g/mol. The van der Waals surface area contributed by atoms with Crippen molar-refractivity contribution in [2.24, 2.45) is 0 Å². The Bertz CT molecular complexity index is 1360. The minimum absolute atomic E-state index is 0.0266. The molecule has 1 aliphatic heterocycles. The molecule has 0 radical (unpaired) electrons. The van der Waals surface area contributed by atoms with Crippen LogP contribution in [0.15, 0.2) is 70.7 Å². The molecule has 0 saturated carbocycles. The second-order valence-electron chi connectivity index (χ2n) is 6.86. The van der Waals surface area contributed by atoms with Crippen LogP contribution in [-0.2, 0) is 9.59 Å². The van der Waals surface area contributed by atoms with Crippen LogP contribution >= 0.6 is 12.2 Å². The summed E-state index contributed by atoms with van der Waals surface area (Å²) >= 11 is 5.12. The average Bonchev–Trinajstić information content (AvgIpc) is 3.25. The zero-order valence-electron chi connectivity index (χ0n) is 16.6. The summed E-state index contributed by atoms with van der Waals surface area (Å²) < 4.78 is 5.68. The number of amides is 2. The highest BCUT2D eigenvalue weighted by atomic mass is 32.1. The first-order valence-corrected chi connectivity index (χ1v) is 9.84. The Morgan fingerprint density at radius 1 is 0.939 bits per heavy atom. The highest BCUT2D eigenvalue weighted by molar-refractivity contribution is 7.80. The lowest BCUT2D eigenvalue weighted by Crippen LogP contribution is -2.54. The van der Waals surface area contributed by atoms with Gasteiger partial charge >= 0.3 is 11.9 Å². The molecule has 0 unspecified atom stereocenters. The van der Waals surface area contributed by atoms with Crippen LogP contribution in [0.1, 0.15) is 26.5 Å². The third-order valence-electron chi connectivity index (χ3n) is 4.81. The summed E-state index contributed by atoms with van der Waals surface area (Å²) in [4.78, 5) is 49.1. The average molecular weight is 462 g/mol. The van der Waals surface area contributed by atoms with Crippen molar-refractivity contribution >= 4 is 52.8 Å². The highest BCUT2D eigenvalue weighted by Gasteiger charge is 2.34. The van der Waals surface area contributed by atoms with Gasteiger partial charge in [-0.15, -0.1) is 0 Å². The molecule has 9 nitrogen and oxygen atoms in total. The molecule has 0 bridgehead atoms. The van der Waals surface area contributed by atoms with Crippen molar-refractivity contribution in [2.75, 3.05) is 4.90 Å². The summed E-state index contributed by atoms with van der Waals surface area (Å²) in [5.41, 5.74) is 0.419. The van der Waals surface area contributed by atoms with E-state index in [9.17, 15) is 24.3 Å². The number of rotatable bonds is 5. The first-order valence-electron chi connectivity index (χ1n) is 9.43. The first kappa shape index (κ1) is 21.7. The Balaban J connectivity index is 1.68. The molecule has 33 heavy (non-hydrogen) atoms. The number of aromatic carboxylic acids is 2. The predicted octanol–water partition coefficient (Wildman–Crippen LogP) is 3.17. The Morgan fingerprint density at radius 2 is 1.64 bits per heavy atom. The molecule has 2 amide bonds. The van der Waals surface area contributed by atoms with Crippen molar-refractivity contribution in [2.45, 2.75) is 0 Å². The summed E-state index contributed by atoms with van der Waals surface area (Å²) in [5.74, 6) is -3.30. The molecule has 1 aliphatic rings. The van der Waals surface area contributed by atoms with Crippen molar-refractivity contribution in [3.8, 4) is 11.3 Å². The number of carboxylic acid groups (broad SMARTS) is 2. The Labute approximate surface area is 191 Å². The van der Waals surface area contributed by atoms with Crippen LogP contribution in [-0.4, -0.2) is 39.1 Å². The molecule has 2 aromatic carbocycles. The maximum atomic E-state index is 13.1. The lowest BCUT2D eigenvalue weighted by Gasteiger charge is -2.28. The number of thiocarbonyl (C=S) groups is 1. The van der Waals surface area contributed by atoms with E-state index in [1.165, 1.54) is 48.5 Å². The molecule has 0 aliphatic carbocycles. The smallest absolute Gasteiger partial charge is 0.336 e. The zero-order valence-corrected chi connectivity index (χ0v) is 17.5. The van der Waals surface area contributed by atoms with Gasteiger partial charge in [0, 0.05) is 5.56 Å². The quantitative estimate of drug-likeness (QED) is 0.299. The number of hydrogen-bond donors (Lipinski definition) is 3. The molecule has 3 aromatic rings. The molecule has 10 heteroatoms. The number of hydrogen-bond acceptors (Lipinski definition) is 6. The molecule has 164 valence electrons. The Hall–Kier alpha value is -4.57. The molecule has 1 fully saturated rings. The zero-order chi connectivity index (χ0) is 23.7. The van der Waals surface area contributed by atoms with E-state index in [-0.39, 0.29) is 39.0 Å². The Kier molecular flexibility index (Phi) is 5.59. The van der Waals surface area contributed by atoms with Gasteiger partial charge in [-0.1, -0.05) is 18.2 Å². The van der Waals surface area contributed by atoms with E-state index in [0.29, 0.717) is 5.56 Å². The van der Waals surface area contributed by atoms with E-state index in [2.05, 4.69) is 5.32 Å². The molecular weight excluding hydrogens is 448 g/mol. The number of carboxylic acids is 2. The number of nitrogens with zero attached hydrogens (tertiary/aromatic N) is 1. The number of carbonyl (C=O) groups excluding carboxylic acids is 2. The number of nitrogens with one attached hydrogen (secondary N) is 1. The summed E-state index contributed by atoms with van der Waals surface area (Å²) in [6, 6.07) is 14.7. The van der Waals surface area contributed by atoms with Gasteiger partial charge in [0.1, 0.15) is 17.1 Å². The molecule has 3 N–H and O–H groups in total. The van der Waals surface area contributed by atoms with Gasteiger partial charge in [0.05, 0.1) is 16.8 Å². The standard InChI is InChI=1S/C23H14N2O7S/c26-19-17(11-14-9-10-18(32-14)15-3-1-2-4-16(15)22(30)31)20(27)25(23(33)24-19)13-7-5-12(6-8-13)21(28)29/h1-11H,(H,28,29)(H,30,31)(H,24,26,33)/b17-11+. The number of furan rings is 1. The van der Waals surface area contributed by atoms with Gasteiger partial charge in [0.15, 0.2) is 5.11 Å². The number of anilines is 1. The van der Waals surface area contributed by atoms with Crippen LogP contribution in [0, 0.1) is 0 Å². The van der Waals surface area contributed by atoms with E-state index in [1.807, 2.05) is 0 Å². The second kappa shape index (κ2) is 8.52. The third kappa shape index (κ3) is 4.14. The molecule has 0 spiro atoms. The topological polar surface area (TPSA) is 137 Å². The van der Waals surface area contributed by atoms with Gasteiger partial charge in [-0.2, -0.15) is 0 Å². The summed E-state index contributed by atoms with van der Waals surface area (Å²) in [6.45, 7) is 0. The summed E-state index contributed by atoms with van der Waals surface area (Å²) in [7, 11) is 0. The maximum Gasteiger partial charge on any atom is 0.336 e. The Morgan fingerprint density at radius 3 is 2.30 bits per heavy atom. The maximum absolute atomic E-state index is 13.1. The van der Waals surface area contributed by atoms with Gasteiger partial charge < -0.3 is 14.6 Å². The van der Waals surface area contributed by atoms with Crippen LogP contribution in [0.2, 0.25) is 0 Å². The van der Waals surface area contributed by atoms with Gasteiger partial charge in [-0.3, -0.25) is 19.8 Å². The summed E-state index contributed by atoms with van der Waals surface area (Å²) in [5, 5.41) is 20.7. The van der Waals surface area contributed by atoms with E-state index in [4.69, 9.17) is 21.7 Å². The van der Waals surface area contributed by atoms with Crippen LogP contribution in [0.3, 0.4) is 0 Å². The molecule has 1 saturated heterocycles. The molecule has 2 heterocycles. The van der Waals surface area contributed by atoms with E-state index >= 15 is 0 Å². The van der Waals surface area contributed by atoms with Crippen LogP contribution in [0.5, 0.6) is 0 Å². The molecular formula is C23H14N2O7S. The van der Waals surface area contributed by atoms with Crippen LogP contribution < -0.4 is 10.2 Å². The highest BCUT2D eigenvalue weighted by Crippen LogP contribution is 2.28. The lowest BCUT2D eigenvalue weighted by atomic mass is 10.1. The fraction of sp³-hybridized carbons (Fsp3) is 0. The SMILES string of the molecule is O=C1NC(=S)N(c2ccc(C(=O)O)cc2)C(=O)/C1=C/c1ccc(-c2ccccc2C(=O)O)o1. The van der Waals surface area contributed by atoms with Gasteiger partial charge in [-0.05, 0) is 60.8 Å². The van der Waals surface area contributed by atoms with Crippen molar-refractivity contribution in [1.82, 2.24) is 5.32 Å². The van der Waals surface area contributed by atoms with Crippen molar-refractivity contribution in [1.29, 1.82) is 0 Å². The van der Waals surface area contributed by atoms with Crippen molar-refractivity contribution < 1.29 is 33.8 Å². The predicted molar refractivity (Wildman–Crippen MR) is 121 cm³/mol. The minimum atomic E-state index is -1.12. The largest absolute Gasteiger partial charge is 0.478 e. The minimum Gasteiger partial charge on any atom is -0.478 e. The molecule has 0 atom stereocenters. The fourth-order valence-electron chi connectivity index (χ4n) is 3.25. The van der Waals surface area contributed by atoms with E-state index in [1.54, 1.807) is 18.2 Å². The number of benzene rings is 2. The summed E-state index contributed by atoms with van der Waals surface area (Å²) in [6.07, 6.45) is 1.23. The van der Waals surface area contributed by atoms with Crippen molar-refractivity contribution in [3.05, 3.63) is 83.1 Å². The third-order valence-corrected chi connectivity index (χ3v) is 5.10. The van der Waals surface area contributed by atoms with Gasteiger partial charge in [-0.25, -0.2) is 9.59 Å². The fourth-order valence-corrected chi connectivity index (χ4v) is 3.53.